The van der Waals surface area contributed by atoms with Crippen LogP contribution in [0.25, 0.3) is 5.76 Å². The number of aromatic hydroxyl groups is 1. The van der Waals surface area contributed by atoms with Crippen molar-refractivity contribution in [2.24, 2.45) is 17.6 Å². The van der Waals surface area contributed by atoms with Crippen molar-refractivity contribution in [1.29, 1.82) is 0 Å². The summed E-state index contributed by atoms with van der Waals surface area (Å²) in [6.07, 6.45) is 2.99. The highest BCUT2D eigenvalue weighted by Crippen LogP contribution is 2.58. The van der Waals surface area contributed by atoms with Gasteiger partial charge in [0.1, 0.15) is 17.3 Å². The Kier molecular flexibility index (Phi) is 6.84. The molecule has 1 aromatic carbocycles. The van der Waals surface area contributed by atoms with E-state index in [9.17, 15) is 29.7 Å². The maximum Gasteiger partial charge on any atom is 0.250 e. The molecule has 1 aromatic rings. The van der Waals surface area contributed by atoms with E-state index in [0.29, 0.717) is 0 Å². The first-order valence-corrected chi connectivity index (χ1v) is 14.1. The number of nitrogens with two attached hydrogens (primary N) is 1. The summed E-state index contributed by atoms with van der Waals surface area (Å²) in [5.41, 5.74) is 2.88. The van der Waals surface area contributed by atoms with E-state index < -0.39 is 64.5 Å². The molecular formula is C29H35FN4O8. The van der Waals surface area contributed by atoms with E-state index in [4.69, 9.17) is 15.5 Å². The highest BCUT2D eigenvalue weighted by atomic mass is 19.1. The van der Waals surface area contributed by atoms with Crippen LogP contribution in [-0.4, -0.2) is 94.2 Å². The number of hydrogen-bond donors (Lipinski definition) is 5. The Balaban J connectivity index is 1.37. The lowest BCUT2D eigenvalue weighted by Crippen LogP contribution is -2.75. The largest absolute Gasteiger partial charge is 0.510 e. The minimum Gasteiger partial charge on any atom is -0.510 e. The van der Waals surface area contributed by atoms with Crippen LogP contribution < -0.4 is 11.1 Å². The van der Waals surface area contributed by atoms with E-state index in [0.717, 1.165) is 31.7 Å². The number of halogens is 1. The number of likely N-dealkylation sites (N-methyl/N-ethyl adjacent to an activating group) is 2. The number of phenols is 1. The number of anilines is 1. The Morgan fingerprint density at radius 3 is 2.48 bits per heavy atom. The van der Waals surface area contributed by atoms with Crippen molar-refractivity contribution in [3.63, 3.8) is 0 Å². The second-order valence-corrected chi connectivity index (χ2v) is 12.3. The first-order chi connectivity index (χ1) is 19.9. The van der Waals surface area contributed by atoms with Gasteiger partial charge in [-0.2, -0.15) is 0 Å². The third kappa shape index (κ3) is 3.98. The fourth-order valence-corrected chi connectivity index (χ4v) is 7.73. The number of nitrogens with zero attached hydrogens (tertiary/aromatic N) is 2. The van der Waals surface area contributed by atoms with Crippen LogP contribution in [0.5, 0.6) is 5.75 Å². The van der Waals surface area contributed by atoms with E-state index >= 15 is 4.39 Å². The first kappa shape index (κ1) is 28.6. The highest BCUT2D eigenvalue weighted by Gasteiger charge is 2.73. The lowest BCUT2D eigenvalue weighted by atomic mass is 9.56. The molecule has 0 radical (unpaired) electrons. The number of ketones is 1. The second-order valence-electron chi connectivity index (χ2n) is 12.3. The molecule has 2 amide bonds. The maximum atomic E-state index is 15.5. The van der Waals surface area contributed by atoms with Gasteiger partial charge in [-0.3, -0.25) is 24.2 Å². The summed E-state index contributed by atoms with van der Waals surface area (Å²) in [7, 11) is 5.16. The Hall–Kier alpha value is -3.52. The monoisotopic (exact) mass is 586 g/mol. The molecule has 4 aliphatic carbocycles. The standard InChI is InChI=1S/C29H35FN4O8/c1-33(2)22-15-9-12-8-14-16(30)10-17(32-18(35)11-34(3)13-6-4-5-7-13)23(36)20(14)24(37)19(12)26(39)29(15)27(41-42-29)21(25(22)38)28(31)40/h10,12-13,15,22,27,36-38H,4-9,11H2,1-3H3,(H2,31,40)(H,32,35)/t12-,15-,22-,27?,29-/m0/s1. The number of primary amides is 1. The van der Waals surface area contributed by atoms with Gasteiger partial charge in [-0.15, -0.1) is 0 Å². The summed E-state index contributed by atoms with van der Waals surface area (Å²) in [6, 6.07) is 0.443. The number of aliphatic hydroxyl groups excluding tert-OH is 2. The SMILES string of the molecule is CN(CC(=O)Nc1cc(F)c2c(c1O)C(O)=C1C(=O)[C@]34OOC3C(C(N)=O)=C(O)[C@@H](N(C)C)[C@@H]4C[C@@H]1C2)C1CCCC1. The molecule has 2 saturated carbocycles. The predicted octanol–water partition coefficient (Wildman–Crippen LogP) is 1.69. The van der Waals surface area contributed by atoms with Crippen molar-refractivity contribution in [3.8, 4) is 5.75 Å². The van der Waals surface area contributed by atoms with Crippen LogP contribution in [0.2, 0.25) is 0 Å². The molecule has 0 bridgehead atoms. The fourth-order valence-electron chi connectivity index (χ4n) is 7.73. The van der Waals surface area contributed by atoms with Gasteiger partial charge in [-0.25, -0.2) is 14.2 Å². The molecule has 1 saturated heterocycles. The van der Waals surface area contributed by atoms with E-state index in [1.165, 1.54) is 0 Å². The van der Waals surface area contributed by atoms with Crippen molar-refractivity contribution in [1.82, 2.24) is 9.80 Å². The van der Waals surface area contributed by atoms with Crippen molar-refractivity contribution in [2.45, 2.75) is 62.3 Å². The van der Waals surface area contributed by atoms with Crippen LogP contribution in [0.4, 0.5) is 10.1 Å². The van der Waals surface area contributed by atoms with Gasteiger partial charge in [-0.05, 0) is 52.7 Å². The Morgan fingerprint density at radius 1 is 1.19 bits per heavy atom. The smallest absolute Gasteiger partial charge is 0.250 e. The van der Waals surface area contributed by atoms with Gasteiger partial charge in [0.05, 0.1) is 29.4 Å². The zero-order valence-electron chi connectivity index (χ0n) is 23.6. The minimum atomic E-state index is -1.77. The molecule has 12 nitrogen and oxygen atoms in total. The maximum absolute atomic E-state index is 15.5. The summed E-state index contributed by atoms with van der Waals surface area (Å²) >= 11 is 0. The predicted molar refractivity (Wildman–Crippen MR) is 146 cm³/mol. The quantitative estimate of drug-likeness (QED) is 0.244. The van der Waals surface area contributed by atoms with Crippen LogP contribution in [0.1, 0.15) is 43.2 Å². The van der Waals surface area contributed by atoms with Crippen LogP contribution in [-0.2, 0) is 30.6 Å². The van der Waals surface area contributed by atoms with E-state index in [2.05, 4.69) is 5.32 Å². The summed E-state index contributed by atoms with van der Waals surface area (Å²) in [5.74, 6) is -5.84. The summed E-state index contributed by atoms with van der Waals surface area (Å²) in [6.45, 7) is 0.0364. The molecule has 1 unspecified atom stereocenters. The average Bonchev–Trinajstić information content (AvgIpc) is 3.43. The molecule has 3 fully saturated rings. The number of carbonyl (C=O) groups excluding carboxylic acids is 3. The van der Waals surface area contributed by atoms with Gasteiger partial charge in [-0.1, -0.05) is 12.8 Å². The molecule has 6 N–H and O–H groups in total. The summed E-state index contributed by atoms with van der Waals surface area (Å²) in [5, 5.41) is 36.2. The topological polar surface area (TPSA) is 175 Å². The molecule has 1 heterocycles. The number of carbonyl (C=O) groups is 3. The number of phenolic OH excluding ortho intramolecular Hbond substituents is 1. The normalized spacial score (nSPS) is 30.6. The van der Waals surface area contributed by atoms with Crippen LogP contribution >= 0.6 is 0 Å². The lowest BCUT2D eigenvalue weighted by Gasteiger charge is -2.59. The second kappa shape index (κ2) is 10.0. The van der Waals surface area contributed by atoms with Gasteiger partial charge in [0.25, 0.3) is 5.91 Å². The lowest BCUT2D eigenvalue weighted by molar-refractivity contribution is -0.500. The van der Waals surface area contributed by atoms with E-state index in [1.54, 1.807) is 19.0 Å². The van der Waals surface area contributed by atoms with Crippen LogP contribution in [0, 0.1) is 17.7 Å². The van der Waals surface area contributed by atoms with E-state index in [-0.39, 0.29) is 59.1 Å². The van der Waals surface area contributed by atoms with Crippen molar-refractivity contribution < 1.29 is 43.9 Å². The van der Waals surface area contributed by atoms with Crippen LogP contribution in [0.15, 0.2) is 23.0 Å². The van der Waals surface area contributed by atoms with Crippen molar-refractivity contribution in [2.75, 3.05) is 33.0 Å². The molecule has 13 heteroatoms. The molecular weight excluding hydrogens is 551 g/mol. The number of hydrogen-bond acceptors (Lipinski definition) is 10. The number of amides is 2. The van der Waals surface area contributed by atoms with Gasteiger partial charge >= 0.3 is 0 Å². The molecule has 226 valence electrons. The third-order valence-corrected chi connectivity index (χ3v) is 9.70. The fraction of sp³-hybridized carbons (Fsp3) is 0.552. The third-order valence-electron chi connectivity index (χ3n) is 9.70. The van der Waals surface area contributed by atoms with Crippen molar-refractivity contribution >= 4 is 29.0 Å². The molecule has 0 aromatic heterocycles. The molecule has 1 aliphatic heterocycles. The number of nitrogens with one attached hydrogen (secondary N) is 1. The first-order valence-electron chi connectivity index (χ1n) is 14.1. The van der Waals surface area contributed by atoms with Gasteiger partial charge in [0.2, 0.25) is 17.3 Å². The number of Topliss-reactive ketones (excluding diaryl/α,β-unsaturated/α-hetero) is 1. The van der Waals surface area contributed by atoms with E-state index in [1.807, 2.05) is 11.9 Å². The molecule has 5 atom stereocenters. The van der Waals surface area contributed by atoms with Gasteiger partial charge in [0, 0.05) is 29.2 Å². The molecule has 1 spiro atoms. The zero-order chi connectivity index (χ0) is 30.2. The zero-order valence-corrected chi connectivity index (χ0v) is 23.6. The minimum absolute atomic E-state index is 0.000650. The molecule has 5 aliphatic rings. The number of benzene rings is 1. The average molecular weight is 587 g/mol. The summed E-state index contributed by atoms with van der Waals surface area (Å²) in [4.78, 5) is 53.5. The molecule has 6 rings (SSSR count). The summed E-state index contributed by atoms with van der Waals surface area (Å²) < 4.78 is 15.5. The van der Waals surface area contributed by atoms with Gasteiger partial charge < -0.3 is 26.4 Å². The van der Waals surface area contributed by atoms with Crippen LogP contribution in [0.3, 0.4) is 0 Å². The number of fused-ring (bicyclic) bond motifs is 2. The van der Waals surface area contributed by atoms with Gasteiger partial charge in [0.15, 0.2) is 11.9 Å². The molecule has 42 heavy (non-hydrogen) atoms. The Labute approximate surface area is 241 Å². The van der Waals surface area contributed by atoms with Crippen molar-refractivity contribution in [3.05, 3.63) is 39.9 Å². The highest BCUT2D eigenvalue weighted by molar-refractivity contribution is 6.12. The number of aliphatic hydroxyl groups is 2. The number of rotatable bonds is 6. The Bertz CT molecular complexity index is 1450. The Morgan fingerprint density at radius 2 is 1.88 bits per heavy atom.